The molecule has 28 heavy (non-hydrogen) atoms. The first-order valence-electron chi connectivity index (χ1n) is 11.5. The van der Waals surface area contributed by atoms with Crippen molar-refractivity contribution < 1.29 is 29.1 Å². The van der Waals surface area contributed by atoms with Gasteiger partial charge in [0.15, 0.2) is 0 Å². The molecule has 0 bridgehead atoms. The number of carbonyl (C=O) groups is 2. The number of hydrogen-bond donors (Lipinski definition) is 0. The van der Waals surface area contributed by atoms with Gasteiger partial charge in [0.05, 0.1) is 0 Å². The summed E-state index contributed by atoms with van der Waals surface area (Å²) in [6.07, 6.45) is 17.9. The number of rotatable bonds is 13. The fraction of sp³-hybridized carbons (Fsp3) is 0.909. The molecule has 6 nitrogen and oxygen atoms in total. The van der Waals surface area contributed by atoms with Crippen molar-refractivity contribution >= 4 is 11.9 Å². The molecular formula is C22H38O6. The van der Waals surface area contributed by atoms with Gasteiger partial charge in [-0.25, -0.2) is 9.59 Å². The second kappa shape index (κ2) is 14.8. The molecule has 162 valence electrons. The van der Waals surface area contributed by atoms with E-state index >= 15 is 0 Å². The molecule has 6 heteroatoms. The molecule has 0 radical (unpaired) electrons. The monoisotopic (exact) mass is 398 g/mol. The van der Waals surface area contributed by atoms with Crippen LogP contribution < -0.4 is 0 Å². The lowest BCUT2D eigenvalue weighted by Crippen LogP contribution is -2.19. The molecule has 2 fully saturated rings. The summed E-state index contributed by atoms with van der Waals surface area (Å²) in [5, 5.41) is 0. The van der Waals surface area contributed by atoms with E-state index in [2.05, 4.69) is 0 Å². The summed E-state index contributed by atoms with van der Waals surface area (Å²) in [5.41, 5.74) is 0. The van der Waals surface area contributed by atoms with E-state index in [4.69, 9.17) is 19.6 Å². The van der Waals surface area contributed by atoms with Gasteiger partial charge >= 0.3 is 11.9 Å². The predicted molar refractivity (Wildman–Crippen MR) is 105 cm³/mol. The maximum absolute atomic E-state index is 11.7. The Hall–Kier alpha value is -1.14. The van der Waals surface area contributed by atoms with Crippen molar-refractivity contribution in [2.45, 2.75) is 128 Å². The summed E-state index contributed by atoms with van der Waals surface area (Å²) >= 11 is 0. The Morgan fingerprint density at radius 2 is 0.893 bits per heavy atom. The molecule has 0 aromatic rings. The van der Waals surface area contributed by atoms with Gasteiger partial charge in [0.2, 0.25) is 0 Å². The molecule has 0 unspecified atom stereocenters. The minimum absolute atomic E-state index is 0.0949. The zero-order valence-corrected chi connectivity index (χ0v) is 17.3. The molecular weight excluding hydrogens is 360 g/mol. The van der Waals surface area contributed by atoms with Gasteiger partial charge in [0.25, 0.3) is 0 Å². The molecule has 0 amide bonds. The highest BCUT2D eigenvalue weighted by Gasteiger charge is 2.17. The summed E-state index contributed by atoms with van der Waals surface area (Å²) < 4.78 is 0. The minimum atomic E-state index is -0.258. The molecule has 0 spiro atoms. The van der Waals surface area contributed by atoms with E-state index in [0.717, 1.165) is 89.9 Å². The normalized spacial score (nSPS) is 18.7. The second-order valence-electron chi connectivity index (χ2n) is 8.24. The quantitative estimate of drug-likeness (QED) is 0.224. The highest BCUT2D eigenvalue weighted by molar-refractivity contribution is 5.68. The molecule has 0 atom stereocenters. The standard InChI is InChI=1S/C22H38O6/c23-21(27-25-19-13-7-5-8-14-19)17-11-3-1-2-4-12-18-22(24)28-26-20-15-9-6-10-16-20/h19-20H,1-18H2. The SMILES string of the molecule is O=C(CCCCCCCCC(=O)OOC1CCCCC1)OOC1CCCCC1. The molecule has 2 rings (SSSR count). The van der Waals surface area contributed by atoms with E-state index < -0.39 is 0 Å². The van der Waals surface area contributed by atoms with Crippen LogP contribution in [0.3, 0.4) is 0 Å². The van der Waals surface area contributed by atoms with Crippen LogP contribution >= 0.6 is 0 Å². The molecule has 2 saturated carbocycles. The van der Waals surface area contributed by atoms with Crippen molar-refractivity contribution in [3.8, 4) is 0 Å². The van der Waals surface area contributed by atoms with Crippen LogP contribution in [0, 0.1) is 0 Å². The average Bonchev–Trinajstić information content (AvgIpc) is 2.74. The third-order valence-corrected chi connectivity index (χ3v) is 5.67. The van der Waals surface area contributed by atoms with E-state index in [1.807, 2.05) is 0 Å². The molecule has 2 aliphatic carbocycles. The van der Waals surface area contributed by atoms with Gasteiger partial charge in [-0.15, -0.1) is 0 Å². The van der Waals surface area contributed by atoms with Crippen LogP contribution in [0.15, 0.2) is 0 Å². The van der Waals surface area contributed by atoms with Crippen molar-refractivity contribution in [2.24, 2.45) is 0 Å². The lowest BCUT2D eigenvalue weighted by atomic mass is 9.98. The molecule has 2 aliphatic rings. The summed E-state index contributed by atoms with van der Waals surface area (Å²) in [6.45, 7) is 0. The Labute approximate surface area is 169 Å². The third-order valence-electron chi connectivity index (χ3n) is 5.67. The van der Waals surface area contributed by atoms with E-state index in [0.29, 0.717) is 12.8 Å². The minimum Gasteiger partial charge on any atom is -0.298 e. The highest BCUT2D eigenvalue weighted by atomic mass is 17.2. The smallest absolute Gasteiger partial charge is 0.298 e. The maximum atomic E-state index is 11.7. The second-order valence-corrected chi connectivity index (χ2v) is 8.24. The van der Waals surface area contributed by atoms with Gasteiger partial charge in [-0.3, -0.25) is 9.78 Å². The van der Waals surface area contributed by atoms with Crippen LogP contribution in [0.5, 0.6) is 0 Å². The zero-order valence-electron chi connectivity index (χ0n) is 17.3. The summed E-state index contributed by atoms with van der Waals surface area (Å²) in [5.74, 6) is -0.516. The van der Waals surface area contributed by atoms with Crippen molar-refractivity contribution in [1.82, 2.24) is 0 Å². The van der Waals surface area contributed by atoms with Crippen molar-refractivity contribution in [2.75, 3.05) is 0 Å². The van der Waals surface area contributed by atoms with E-state index in [1.165, 1.54) is 12.8 Å². The summed E-state index contributed by atoms with van der Waals surface area (Å²) in [6, 6.07) is 0. The first-order valence-corrected chi connectivity index (χ1v) is 11.5. The molecule has 0 aromatic heterocycles. The number of carbonyl (C=O) groups excluding carboxylic acids is 2. The van der Waals surface area contributed by atoms with E-state index in [1.54, 1.807) is 0 Å². The van der Waals surface area contributed by atoms with Crippen LogP contribution in [-0.4, -0.2) is 24.1 Å². The van der Waals surface area contributed by atoms with Crippen LogP contribution in [0.25, 0.3) is 0 Å². The van der Waals surface area contributed by atoms with Crippen molar-refractivity contribution in [1.29, 1.82) is 0 Å². The van der Waals surface area contributed by atoms with E-state index in [9.17, 15) is 9.59 Å². The molecule has 0 saturated heterocycles. The molecule has 0 N–H and O–H groups in total. The van der Waals surface area contributed by atoms with Crippen LogP contribution in [0.2, 0.25) is 0 Å². The fourth-order valence-corrected chi connectivity index (χ4v) is 3.90. The van der Waals surface area contributed by atoms with Crippen molar-refractivity contribution in [3.63, 3.8) is 0 Å². The van der Waals surface area contributed by atoms with Crippen LogP contribution in [-0.2, 0) is 29.1 Å². The van der Waals surface area contributed by atoms with Crippen LogP contribution in [0.1, 0.15) is 116 Å². The van der Waals surface area contributed by atoms with Crippen LogP contribution in [0.4, 0.5) is 0 Å². The Kier molecular flexibility index (Phi) is 12.2. The largest absolute Gasteiger partial charge is 0.342 e. The first kappa shape index (κ1) is 23.1. The molecule has 0 heterocycles. The Morgan fingerprint density at radius 1 is 0.536 bits per heavy atom. The zero-order chi connectivity index (χ0) is 19.9. The summed E-state index contributed by atoms with van der Waals surface area (Å²) in [7, 11) is 0. The van der Waals surface area contributed by atoms with Gasteiger partial charge in [-0.05, 0) is 38.5 Å². The first-order chi connectivity index (χ1) is 13.7. The predicted octanol–water partition coefficient (Wildman–Crippen LogP) is 5.72. The summed E-state index contributed by atoms with van der Waals surface area (Å²) in [4.78, 5) is 43.6. The van der Waals surface area contributed by atoms with E-state index in [-0.39, 0.29) is 24.1 Å². The molecule has 0 aliphatic heterocycles. The van der Waals surface area contributed by atoms with Gasteiger partial charge in [0, 0.05) is 12.8 Å². The van der Waals surface area contributed by atoms with Gasteiger partial charge in [-0.2, -0.15) is 9.78 Å². The Bertz CT molecular complexity index is 387. The number of hydrogen-bond acceptors (Lipinski definition) is 6. The Morgan fingerprint density at radius 3 is 1.29 bits per heavy atom. The number of unbranched alkanes of at least 4 members (excludes halogenated alkanes) is 5. The van der Waals surface area contributed by atoms with Gasteiger partial charge < -0.3 is 0 Å². The fourth-order valence-electron chi connectivity index (χ4n) is 3.90. The Balaban J connectivity index is 1.33. The van der Waals surface area contributed by atoms with Gasteiger partial charge in [-0.1, -0.05) is 64.2 Å². The average molecular weight is 399 g/mol. The van der Waals surface area contributed by atoms with Gasteiger partial charge in [0.1, 0.15) is 12.2 Å². The highest BCUT2D eigenvalue weighted by Crippen LogP contribution is 2.21. The topological polar surface area (TPSA) is 71.1 Å². The third kappa shape index (κ3) is 11.0. The lowest BCUT2D eigenvalue weighted by Gasteiger charge is -2.19. The van der Waals surface area contributed by atoms with Crippen molar-refractivity contribution in [3.05, 3.63) is 0 Å². The maximum Gasteiger partial charge on any atom is 0.342 e. The lowest BCUT2D eigenvalue weighted by molar-refractivity contribution is -0.302. The molecule has 0 aromatic carbocycles.